The Morgan fingerprint density at radius 2 is 1.79 bits per heavy atom. The monoisotopic (exact) mass is 425 g/mol. The molecule has 162 valence electrons. The topological polar surface area (TPSA) is 83.0 Å². The molecule has 3 rings (SSSR count). The second kappa shape index (κ2) is 7.96. The van der Waals surface area contributed by atoms with E-state index in [0.717, 1.165) is 6.92 Å². The number of nitrogens with one attached hydrogen (secondary N) is 2. The molecule has 1 saturated carbocycles. The third-order valence-corrected chi connectivity index (χ3v) is 5.04. The summed E-state index contributed by atoms with van der Waals surface area (Å²) in [5.74, 6) is -5.10. The van der Waals surface area contributed by atoms with Crippen molar-refractivity contribution in [3.8, 4) is 0 Å². The molecule has 0 bridgehead atoms. The third kappa shape index (κ3) is 4.90. The number of nitrogens with zero attached hydrogens (tertiary/aromatic N) is 3. The summed E-state index contributed by atoms with van der Waals surface area (Å²) in [5, 5.41) is 14.2. The highest BCUT2D eigenvalue weighted by atomic mass is 19.4. The van der Waals surface area contributed by atoms with Gasteiger partial charge in [0.25, 0.3) is 5.92 Å². The summed E-state index contributed by atoms with van der Waals surface area (Å²) >= 11 is 0. The molecule has 3 N–H and O–H groups in total. The third-order valence-electron chi connectivity index (χ3n) is 5.04. The lowest BCUT2D eigenvalue weighted by Gasteiger charge is -2.23. The lowest BCUT2D eigenvalue weighted by atomic mass is 9.96. The van der Waals surface area contributed by atoms with E-state index in [-0.39, 0.29) is 49.4 Å². The quantitative estimate of drug-likeness (QED) is 0.618. The molecule has 0 aliphatic heterocycles. The van der Waals surface area contributed by atoms with Gasteiger partial charge in [-0.05, 0) is 39.0 Å². The van der Waals surface area contributed by atoms with E-state index in [0.29, 0.717) is 6.42 Å². The van der Waals surface area contributed by atoms with Gasteiger partial charge in [-0.3, -0.25) is 0 Å². The van der Waals surface area contributed by atoms with Crippen LogP contribution in [0.15, 0.2) is 5.83 Å². The van der Waals surface area contributed by atoms with Crippen LogP contribution in [0, 0.1) is 0 Å². The number of hydrogen-bond donors (Lipinski definition) is 3. The molecule has 0 saturated heterocycles. The number of aromatic nitrogens is 3. The van der Waals surface area contributed by atoms with Crippen molar-refractivity contribution in [2.75, 3.05) is 10.6 Å². The highest BCUT2D eigenvalue weighted by Crippen LogP contribution is 2.37. The molecule has 1 aromatic rings. The Kier molecular flexibility index (Phi) is 5.93. The average molecular weight is 425 g/mol. The molecule has 0 aromatic carbocycles. The van der Waals surface area contributed by atoms with Crippen molar-refractivity contribution < 1.29 is 31.4 Å². The Morgan fingerprint density at radius 1 is 1.10 bits per heavy atom. The fourth-order valence-corrected chi connectivity index (χ4v) is 3.31. The van der Waals surface area contributed by atoms with E-state index < -0.39 is 42.1 Å². The lowest BCUT2D eigenvalue weighted by Crippen LogP contribution is -2.36. The van der Waals surface area contributed by atoms with E-state index in [1.807, 2.05) is 0 Å². The molecule has 29 heavy (non-hydrogen) atoms. The van der Waals surface area contributed by atoms with Gasteiger partial charge in [-0.1, -0.05) is 0 Å². The summed E-state index contributed by atoms with van der Waals surface area (Å²) in [7, 11) is 0. The van der Waals surface area contributed by atoms with Gasteiger partial charge in [0.15, 0.2) is 5.82 Å². The maximum Gasteiger partial charge on any atom is 0.408 e. The van der Waals surface area contributed by atoms with E-state index in [4.69, 9.17) is 0 Å². The smallest absolute Gasteiger partial charge is 0.386 e. The number of halogens is 6. The molecule has 3 atom stereocenters. The fourth-order valence-electron chi connectivity index (χ4n) is 3.31. The van der Waals surface area contributed by atoms with Gasteiger partial charge in [0, 0.05) is 12.0 Å². The highest BCUT2D eigenvalue weighted by Gasteiger charge is 2.44. The molecular formula is C17H21F6N5O. The first-order valence-corrected chi connectivity index (χ1v) is 9.28. The average Bonchev–Trinajstić information content (AvgIpc) is 2.94. The number of allylic oxidation sites excluding steroid dienone is 1. The van der Waals surface area contributed by atoms with Crippen LogP contribution < -0.4 is 10.6 Å². The number of rotatable bonds is 5. The Balaban J connectivity index is 1.97. The van der Waals surface area contributed by atoms with Gasteiger partial charge in [-0.2, -0.15) is 28.1 Å². The van der Waals surface area contributed by atoms with Crippen molar-refractivity contribution in [1.29, 1.82) is 0 Å². The first-order valence-electron chi connectivity index (χ1n) is 9.28. The van der Waals surface area contributed by atoms with Crippen molar-refractivity contribution in [3.05, 3.63) is 11.7 Å². The Labute approximate surface area is 162 Å². The summed E-state index contributed by atoms with van der Waals surface area (Å²) in [6, 6.07) is -3.32. The maximum absolute atomic E-state index is 14.4. The standard InChI is InChI=1S/C17H21F6N5O/c1-8(17(21,22)23)24-14-26-13(9-4-2-5-10(29)12(9)18)27-15(28-14)25-11-6-3-7-16(11,19)20/h8,10-11,29H,2-7H2,1H3,(H2,24,25,26,27,28)/t8-,10?,11?/m1/s1. The molecule has 2 aliphatic rings. The normalized spacial score (nSPS) is 25.8. The van der Waals surface area contributed by atoms with E-state index >= 15 is 0 Å². The Bertz CT molecular complexity index is 784. The van der Waals surface area contributed by atoms with Gasteiger partial charge in [0.05, 0.1) is 6.04 Å². The van der Waals surface area contributed by atoms with Crippen molar-refractivity contribution in [2.45, 2.75) is 75.7 Å². The van der Waals surface area contributed by atoms with Crippen LogP contribution in [0.3, 0.4) is 0 Å². The van der Waals surface area contributed by atoms with Crippen molar-refractivity contribution in [3.63, 3.8) is 0 Å². The van der Waals surface area contributed by atoms with Crippen molar-refractivity contribution >= 4 is 17.5 Å². The second-order valence-corrected chi connectivity index (χ2v) is 7.30. The number of aliphatic hydroxyl groups excluding tert-OH is 1. The van der Waals surface area contributed by atoms with Crippen LogP contribution in [0.25, 0.3) is 5.57 Å². The molecule has 0 spiro atoms. The SMILES string of the molecule is C[C@@H](Nc1nc(NC2CCCC2(F)F)nc(C2=C(F)C(O)CCC2)n1)C(F)(F)F. The van der Waals surface area contributed by atoms with Gasteiger partial charge in [-0.25, -0.2) is 13.2 Å². The Hall–Kier alpha value is -2.11. The number of alkyl halides is 5. The first-order chi connectivity index (χ1) is 13.5. The number of hydrogen-bond acceptors (Lipinski definition) is 6. The minimum Gasteiger partial charge on any atom is -0.386 e. The van der Waals surface area contributed by atoms with Crippen LogP contribution in [0.1, 0.15) is 51.3 Å². The van der Waals surface area contributed by atoms with Crippen LogP contribution >= 0.6 is 0 Å². The summed E-state index contributed by atoms with van der Waals surface area (Å²) in [6.07, 6.45) is -5.14. The summed E-state index contributed by atoms with van der Waals surface area (Å²) in [4.78, 5) is 11.5. The van der Waals surface area contributed by atoms with Gasteiger partial charge < -0.3 is 15.7 Å². The predicted octanol–water partition coefficient (Wildman–Crippen LogP) is 4.06. The predicted molar refractivity (Wildman–Crippen MR) is 93.1 cm³/mol. The molecule has 0 radical (unpaired) electrons. The van der Waals surface area contributed by atoms with E-state index in [1.54, 1.807) is 0 Å². The second-order valence-electron chi connectivity index (χ2n) is 7.30. The molecule has 1 fully saturated rings. The van der Waals surface area contributed by atoms with E-state index in [9.17, 15) is 31.4 Å². The largest absolute Gasteiger partial charge is 0.408 e. The minimum absolute atomic E-state index is 0.0740. The van der Waals surface area contributed by atoms with Crippen LogP contribution in [0.5, 0.6) is 0 Å². The molecule has 1 aromatic heterocycles. The van der Waals surface area contributed by atoms with Gasteiger partial charge in [0.2, 0.25) is 11.9 Å². The zero-order valence-electron chi connectivity index (χ0n) is 15.5. The molecular weight excluding hydrogens is 404 g/mol. The molecule has 1 heterocycles. The van der Waals surface area contributed by atoms with Gasteiger partial charge >= 0.3 is 6.18 Å². The summed E-state index contributed by atoms with van der Waals surface area (Å²) in [5.41, 5.74) is -0.0740. The van der Waals surface area contributed by atoms with Gasteiger partial charge in [-0.15, -0.1) is 0 Å². The number of aliphatic hydroxyl groups is 1. The number of anilines is 2. The summed E-state index contributed by atoms with van der Waals surface area (Å²) in [6.45, 7) is 0.839. The maximum atomic E-state index is 14.4. The highest BCUT2D eigenvalue weighted by molar-refractivity contribution is 5.65. The van der Waals surface area contributed by atoms with Crippen molar-refractivity contribution in [2.24, 2.45) is 0 Å². The zero-order chi connectivity index (χ0) is 21.4. The van der Waals surface area contributed by atoms with E-state index in [2.05, 4.69) is 25.6 Å². The van der Waals surface area contributed by atoms with Crippen LogP contribution in [0.4, 0.5) is 38.2 Å². The van der Waals surface area contributed by atoms with Crippen molar-refractivity contribution in [1.82, 2.24) is 15.0 Å². The van der Waals surface area contributed by atoms with Crippen LogP contribution in [0.2, 0.25) is 0 Å². The molecule has 6 nitrogen and oxygen atoms in total. The van der Waals surface area contributed by atoms with E-state index in [1.165, 1.54) is 0 Å². The first kappa shape index (κ1) is 21.6. The Morgan fingerprint density at radius 3 is 2.41 bits per heavy atom. The summed E-state index contributed by atoms with van der Waals surface area (Å²) < 4.78 is 80.9. The molecule has 12 heteroatoms. The molecule has 2 aliphatic carbocycles. The minimum atomic E-state index is -4.61. The van der Waals surface area contributed by atoms with Crippen LogP contribution in [-0.4, -0.2) is 50.3 Å². The fraction of sp³-hybridized carbons (Fsp3) is 0.706. The lowest BCUT2D eigenvalue weighted by molar-refractivity contribution is -0.138. The van der Waals surface area contributed by atoms with Gasteiger partial charge in [0.1, 0.15) is 18.0 Å². The molecule has 2 unspecified atom stereocenters. The molecule has 0 amide bonds. The van der Waals surface area contributed by atoms with Crippen LogP contribution in [-0.2, 0) is 0 Å². The zero-order valence-corrected chi connectivity index (χ0v) is 15.5.